The summed E-state index contributed by atoms with van der Waals surface area (Å²) < 4.78 is 5.09. The van der Waals surface area contributed by atoms with E-state index in [0.29, 0.717) is 13.1 Å². The number of ether oxygens (including phenoxy) is 1. The number of hydrogen-bond donors (Lipinski definition) is 1. The zero-order valence-corrected chi connectivity index (χ0v) is 12.4. The Morgan fingerprint density at radius 1 is 1.10 bits per heavy atom. The first-order chi connectivity index (χ1) is 9.69. The third kappa shape index (κ3) is 5.06. The lowest BCUT2D eigenvalue weighted by Crippen LogP contribution is -2.12. The highest BCUT2D eigenvalue weighted by molar-refractivity contribution is 5.85. The van der Waals surface area contributed by atoms with E-state index in [1.54, 1.807) is 19.2 Å². The van der Waals surface area contributed by atoms with E-state index in [-0.39, 0.29) is 23.0 Å². The third-order valence-electron chi connectivity index (χ3n) is 2.94. The minimum atomic E-state index is -0.382. The van der Waals surface area contributed by atoms with Gasteiger partial charge in [0.2, 0.25) is 0 Å². The van der Waals surface area contributed by atoms with Crippen molar-refractivity contribution >= 4 is 18.1 Å². The number of nitro groups is 1. The minimum Gasteiger partial charge on any atom is -0.497 e. The van der Waals surface area contributed by atoms with Gasteiger partial charge in [0.15, 0.2) is 0 Å². The fourth-order valence-corrected chi connectivity index (χ4v) is 1.87. The van der Waals surface area contributed by atoms with Crippen molar-refractivity contribution in [3.63, 3.8) is 0 Å². The van der Waals surface area contributed by atoms with Crippen molar-refractivity contribution in [1.82, 2.24) is 5.32 Å². The third-order valence-corrected chi connectivity index (χ3v) is 2.94. The van der Waals surface area contributed by atoms with Crippen molar-refractivity contribution in [1.29, 1.82) is 0 Å². The van der Waals surface area contributed by atoms with E-state index in [4.69, 9.17) is 4.74 Å². The molecule has 0 unspecified atom stereocenters. The van der Waals surface area contributed by atoms with Crippen LogP contribution in [0.1, 0.15) is 11.1 Å². The largest absolute Gasteiger partial charge is 0.497 e. The molecule has 2 aromatic carbocycles. The monoisotopic (exact) mass is 308 g/mol. The zero-order chi connectivity index (χ0) is 14.4. The summed E-state index contributed by atoms with van der Waals surface area (Å²) in [6, 6.07) is 14.4. The molecule has 0 radical (unpaired) electrons. The average Bonchev–Trinajstić information content (AvgIpc) is 2.48. The van der Waals surface area contributed by atoms with Gasteiger partial charge in [-0.05, 0) is 23.3 Å². The second-order valence-corrected chi connectivity index (χ2v) is 4.38. The maximum Gasteiger partial charge on any atom is 0.269 e. The molecule has 0 amide bonds. The molecular formula is C15H17ClN2O3. The SMILES string of the molecule is COc1ccc(CNCc2cccc([N+](=O)[O-])c2)cc1.Cl. The van der Waals surface area contributed by atoms with Crippen LogP contribution in [0.4, 0.5) is 5.69 Å². The molecule has 0 fully saturated rings. The van der Waals surface area contributed by atoms with Gasteiger partial charge in [-0.1, -0.05) is 24.3 Å². The van der Waals surface area contributed by atoms with E-state index in [2.05, 4.69) is 5.32 Å². The molecule has 0 aliphatic carbocycles. The summed E-state index contributed by atoms with van der Waals surface area (Å²) in [5, 5.41) is 13.9. The molecule has 0 aromatic heterocycles. The molecule has 0 spiro atoms. The Kier molecular flexibility index (Phi) is 6.65. The van der Waals surface area contributed by atoms with Crippen LogP contribution in [0.2, 0.25) is 0 Å². The Bertz CT molecular complexity index is 588. The van der Waals surface area contributed by atoms with Gasteiger partial charge in [-0.2, -0.15) is 0 Å². The molecule has 0 saturated heterocycles. The first-order valence-electron chi connectivity index (χ1n) is 6.26. The number of methoxy groups -OCH3 is 1. The molecule has 2 aromatic rings. The van der Waals surface area contributed by atoms with Crippen LogP contribution in [-0.4, -0.2) is 12.0 Å². The van der Waals surface area contributed by atoms with E-state index >= 15 is 0 Å². The van der Waals surface area contributed by atoms with E-state index in [0.717, 1.165) is 16.9 Å². The van der Waals surface area contributed by atoms with Crippen LogP contribution in [0.3, 0.4) is 0 Å². The zero-order valence-electron chi connectivity index (χ0n) is 11.6. The van der Waals surface area contributed by atoms with Gasteiger partial charge in [0, 0.05) is 25.2 Å². The predicted octanol–water partition coefficient (Wildman–Crippen LogP) is 3.32. The summed E-state index contributed by atoms with van der Waals surface area (Å²) in [6.07, 6.45) is 0. The molecule has 0 aliphatic rings. The van der Waals surface area contributed by atoms with Crippen LogP contribution in [-0.2, 0) is 13.1 Å². The van der Waals surface area contributed by atoms with Crippen molar-refractivity contribution in [3.05, 3.63) is 69.8 Å². The van der Waals surface area contributed by atoms with Gasteiger partial charge in [0.1, 0.15) is 5.75 Å². The molecule has 0 aliphatic heterocycles. The number of rotatable bonds is 6. The number of non-ortho nitro benzene ring substituents is 1. The average molecular weight is 309 g/mol. The summed E-state index contributed by atoms with van der Waals surface area (Å²) in [6.45, 7) is 1.29. The Morgan fingerprint density at radius 2 is 1.76 bits per heavy atom. The number of halogens is 1. The van der Waals surface area contributed by atoms with Gasteiger partial charge >= 0.3 is 0 Å². The summed E-state index contributed by atoms with van der Waals surface area (Å²) in [5.41, 5.74) is 2.15. The lowest BCUT2D eigenvalue weighted by molar-refractivity contribution is -0.384. The van der Waals surface area contributed by atoms with Crippen LogP contribution in [0, 0.1) is 10.1 Å². The molecule has 2 rings (SSSR count). The molecule has 21 heavy (non-hydrogen) atoms. The molecule has 1 N–H and O–H groups in total. The molecule has 0 heterocycles. The molecule has 0 atom stereocenters. The Hall–Kier alpha value is -2.11. The van der Waals surface area contributed by atoms with Gasteiger partial charge in [-0.25, -0.2) is 0 Å². The highest BCUT2D eigenvalue weighted by Gasteiger charge is 2.05. The summed E-state index contributed by atoms with van der Waals surface area (Å²) in [4.78, 5) is 10.3. The van der Waals surface area contributed by atoms with Crippen molar-refractivity contribution in [2.75, 3.05) is 7.11 Å². The van der Waals surface area contributed by atoms with Crippen molar-refractivity contribution < 1.29 is 9.66 Å². The summed E-state index contributed by atoms with van der Waals surface area (Å²) in [7, 11) is 1.63. The maximum atomic E-state index is 10.7. The van der Waals surface area contributed by atoms with Gasteiger partial charge < -0.3 is 10.1 Å². The standard InChI is InChI=1S/C15H16N2O3.ClH/c1-20-15-7-5-12(6-8-15)10-16-11-13-3-2-4-14(9-13)17(18)19;/h2-9,16H,10-11H2,1H3;1H. The molecule has 6 heteroatoms. The quantitative estimate of drug-likeness (QED) is 0.657. The van der Waals surface area contributed by atoms with Gasteiger partial charge in [0.25, 0.3) is 5.69 Å². The first-order valence-corrected chi connectivity index (χ1v) is 6.26. The molecule has 0 bridgehead atoms. The number of hydrogen-bond acceptors (Lipinski definition) is 4. The lowest BCUT2D eigenvalue weighted by atomic mass is 10.2. The van der Waals surface area contributed by atoms with Crippen LogP contribution in [0.15, 0.2) is 48.5 Å². The predicted molar refractivity (Wildman–Crippen MR) is 83.9 cm³/mol. The lowest BCUT2D eigenvalue weighted by Gasteiger charge is -2.06. The Balaban J connectivity index is 0.00000220. The second kappa shape index (κ2) is 8.24. The molecule has 112 valence electrons. The number of nitrogens with one attached hydrogen (secondary N) is 1. The van der Waals surface area contributed by atoms with E-state index in [9.17, 15) is 10.1 Å². The van der Waals surface area contributed by atoms with Crippen molar-refractivity contribution in [3.8, 4) is 5.75 Å². The Labute approximate surface area is 129 Å². The van der Waals surface area contributed by atoms with Crippen molar-refractivity contribution in [2.45, 2.75) is 13.1 Å². The number of nitrogens with zero attached hydrogens (tertiary/aromatic N) is 1. The van der Waals surface area contributed by atoms with Gasteiger partial charge in [0.05, 0.1) is 12.0 Å². The van der Waals surface area contributed by atoms with Crippen molar-refractivity contribution in [2.24, 2.45) is 0 Å². The molecule has 5 nitrogen and oxygen atoms in total. The Morgan fingerprint density at radius 3 is 2.38 bits per heavy atom. The summed E-state index contributed by atoms with van der Waals surface area (Å²) >= 11 is 0. The van der Waals surface area contributed by atoms with Crippen LogP contribution < -0.4 is 10.1 Å². The number of benzene rings is 2. The topological polar surface area (TPSA) is 64.4 Å². The van der Waals surface area contributed by atoms with Crippen LogP contribution >= 0.6 is 12.4 Å². The maximum absolute atomic E-state index is 10.7. The van der Waals surface area contributed by atoms with Gasteiger partial charge in [-0.15, -0.1) is 12.4 Å². The fraction of sp³-hybridized carbons (Fsp3) is 0.200. The van der Waals surface area contributed by atoms with Gasteiger partial charge in [-0.3, -0.25) is 10.1 Å². The van der Waals surface area contributed by atoms with E-state index in [1.165, 1.54) is 6.07 Å². The fourth-order valence-electron chi connectivity index (χ4n) is 1.87. The number of nitro benzene ring substituents is 1. The van der Waals surface area contributed by atoms with Crippen LogP contribution in [0.25, 0.3) is 0 Å². The second-order valence-electron chi connectivity index (χ2n) is 4.38. The summed E-state index contributed by atoms with van der Waals surface area (Å²) in [5.74, 6) is 0.826. The highest BCUT2D eigenvalue weighted by atomic mass is 35.5. The van der Waals surface area contributed by atoms with E-state index < -0.39 is 0 Å². The minimum absolute atomic E-state index is 0. The van der Waals surface area contributed by atoms with Crippen LogP contribution in [0.5, 0.6) is 5.75 Å². The molecule has 0 saturated carbocycles. The highest BCUT2D eigenvalue weighted by Crippen LogP contribution is 2.14. The molecular weight excluding hydrogens is 292 g/mol. The first kappa shape index (κ1) is 16.9. The smallest absolute Gasteiger partial charge is 0.269 e. The van der Waals surface area contributed by atoms with E-state index in [1.807, 2.05) is 30.3 Å². The normalized spacial score (nSPS) is 9.76.